The van der Waals surface area contributed by atoms with Gasteiger partial charge in [-0.1, -0.05) is 48.0 Å². The Kier molecular flexibility index (Phi) is 5.72. The quantitative estimate of drug-likeness (QED) is 0.269. The number of nitro groups is 1. The van der Waals surface area contributed by atoms with E-state index in [1.807, 2.05) is 0 Å². The van der Waals surface area contributed by atoms with E-state index < -0.39 is 29.2 Å². The molecule has 1 aliphatic carbocycles. The predicted octanol–water partition coefficient (Wildman–Crippen LogP) is 3.82. The van der Waals surface area contributed by atoms with Crippen molar-refractivity contribution in [1.29, 1.82) is 0 Å². The van der Waals surface area contributed by atoms with Gasteiger partial charge in [-0.2, -0.15) is 0 Å². The van der Waals surface area contributed by atoms with E-state index in [4.69, 9.17) is 16.3 Å². The Morgan fingerprint density at radius 1 is 0.939 bits per heavy atom. The number of nitro benzene ring substituents is 1. The molecular formula is C23H13ClN2O7. The van der Waals surface area contributed by atoms with Crippen molar-refractivity contribution in [3.8, 4) is 0 Å². The minimum atomic E-state index is -0.961. The minimum Gasteiger partial charge on any atom is -0.452 e. The normalized spacial score (nSPS) is 11.9. The Labute approximate surface area is 191 Å². The fourth-order valence-electron chi connectivity index (χ4n) is 3.43. The standard InChI is InChI=1S/C23H13ClN2O7/c24-17-10-12(26(31)32)8-9-18(17)25-19(27)11-33-23(30)16-7-3-6-15-20(16)22(29)14-5-2-1-4-13(14)21(15)28/h1-10H,11H2,(H,25,27). The van der Waals surface area contributed by atoms with Crippen molar-refractivity contribution in [1.82, 2.24) is 0 Å². The molecule has 1 amide bonds. The molecule has 0 unspecified atom stereocenters. The number of hydrogen-bond acceptors (Lipinski definition) is 7. The summed E-state index contributed by atoms with van der Waals surface area (Å²) < 4.78 is 5.04. The number of amides is 1. The summed E-state index contributed by atoms with van der Waals surface area (Å²) in [5, 5.41) is 13.1. The number of carbonyl (C=O) groups excluding carboxylic acids is 4. The SMILES string of the molecule is O=C(COC(=O)c1cccc2c1C(=O)c1ccccc1C2=O)Nc1ccc([N+](=O)[O-])cc1Cl. The highest BCUT2D eigenvalue weighted by Gasteiger charge is 2.33. The van der Waals surface area contributed by atoms with E-state index in [9.17, 15) is 29.3 Å². The van der Waals surface area contributed by atoms with Gasteiger partial charge >= 0.3 is 5.97 Å². The fourth-order valence-corrected chi connectivity index (χ4v) is 3.65. The van der Waals surface area contributed by atoms with Gasteiger partial charge in [-0.3, -0.25) is 24.5 Å². The first kappa shape index (κ1) is 21.8. The number of nitrogens with zero attached hydrogens (tertiary/aromatic N) is 1. The summed E-state index contributed by atoms with van der Waals surface area (Å²) in [7, 11) is 0. The summed E-state index contributed by atoms with van der Waals surface area (Å²) in [5.74, 6) is -2.59. The van der Waals surface area contributed by atoms with Crippen LogP contribution in [0, 0.1) is 10.1 Å². The van der Waals surface area contributed by atoms with Crippen LogP contribution in [0.25, 0.3) is 0 Å². The Balaban J connectivity index is 1.50. The summed E-state index contributed by atoms with van der Waals surface area (Å²) in [6, 6.07) is 14.0. The zero-order valence-corrected chi connectivity index (χ0v) is 17.4. The Hall–Kier alpha value is -4.37. The van der Waals surface area contributed by atoms with E-state index in [-0.39, 0.29) is 50.0 Å². The summed E-state index contributed by atoms with van der Waals surface area (Å²) in [5.41, 5.74) is 0.138. The van der Waals surface area contributed by atoms with Crippen LogP contribution in [0.2, 0.25) is 5.02 Å². The summed E-state index contributed by atoms with van der Waals surface area (Å²) in [6.07, 6.45) is 0. The molecule has 0 aromatic heterocycles. The summed E-state index contributed by atoms with van der Waals surface area (Å²) >= 11 is 5.93. The van der Waals surface area contributed by atoms with E-state index in [0.717, 1.165) is 12.1 Å². The third-order valence-electron chi connectivity index (χ3n) is 4.94. The van der Waals surface area contributed by atoms with Crippen LogP contribution < -0.4 is 5.32 Å². The summed E-state index contributed by atoms with van der Waals surface area (Å²) in [6.45, 7) is -0.714. The van der Waals surface area contributed by atoms with Gasteiger partial charge < -0.3 is 10.1 Å². The maximum absolute atomic E-state index is 13.0. The van der Waals surface area contributed by atoms with Gasteiger partial charge in [0.25, 0.3) is 11.6 Å². The lowest BCUT2D eigenvalue weighted by Gasteiger charge is -2.19. The number of non-ortho nitro benzene ring substituents is 1. The predicted molar refractivity (Wildman–Crippen MR) is 117 cm³/mol. The highest BCUT2D eigenvalue weighted by molar-refractivity contribution is 6.34. The van der Waals surface area contributed by atoms with Crippen molar-refractivity contribution < 1.29 is 28.8 Å². The minimum absolute atomic E-state index is 0.0659. The number of esters is 1. The molecule has 3 aromatic carbocycles. The molecule has 0 aliphatic heterocycles. The number of fused-ring (bicyclic) bond motifs is 2. The second-order valence-corrected chi connectivity index (χ2v) is 7.38. The number of halogens is 1. The van der Waals surface area contributed by atoms with Crippen molar-refractivity contribution in [2.45, 2.75) is 0 Å². The van der Waals surface area contributed by atoms with E-state index in [1.165, 1.54) is 36.4 Å². The average Bonchev–Trinajstić information content (AvgIpc) is 2.81. The molecule has 4 rings (SSSR count). The van der Waals surface area contributed by atoms with Gasteiger partial charge in [-0.05, 0) is 12.1 Å². The number of ether oxygens (including phenoxy) is 1. The molecule has 164 valence electrons. The van der Waals surface area contributed by atoms with E-state index in [0.29, 0.717) is 0 Å². The van der Waals surface area contributed by atoms with Gasteiger partial charge in [0.15, 0.2) is 18.2 Å². The molecule has 0 spiro atoms. The molecular weight excluding hydrogens is 452 g/mol. The van der Waals surface area contributed by atoms with Gasteiger partial charge in [-0.15, -0.1) is 0 Å². The topological polar surface area (TPSA) is 133 Å². The average molecular weight is 465 g/mol. The number of nitrogens with one attached hydrogen (secondary N) is 1. The maximum atomic E-state index is 13.0. The van der Waals surface area contributed by atoms with Crippen molar-refractivity contribution in [2.24, 2.45) is 0 Å². The maximum Gasteiger partial charge on any atom is 0.339 e. The second kappa shape index (κ2) is 8.64. The zero-order chi connectivity index (χ0) is 23.7. The molecule has 0 heterocycles. The summed E-state index contributed by atoms with van der Waals surface area (Å²) in [4.78, 5) is 60.7. The van der Waals surface area contributed by atoms with E-state index in [1.54, 1.807) is 12.1 Å². The number of carbonyl (C=O) groups is 4. The lowest BCUT2D eigenvalue weighted by Crippen LogP contribution is -2.26. The van der Waals surface area contributed by atoms with Crippen LogP contribution in [0.3, 0.4) is 0 Å². The van der Waals surface area contributed by atoms with Gasteiger partial charge in [0.2, 0.25) is 0 Å². The zero-order valence-electron chi connectivity index (χ0n) is 16.7. The molecule has 0 fully saturated rings. The number of anilines is 1. The Bertz CT molecular complexity index is 1370. The van der Waals surface area contributed by atoms with Gasteiger partial charge in [0.1, 0.15) is 0 Å². The highest BCUT2D eigenvalue weighted by atomic mass is 35.5. The van der Waals surface area contributed by atoms with Gasteiger partial charge in [-0.25, -0.2) is 4.79 Å². The first-order valence-corrected chi connectivity index (χ1v) is 9.88. The number of ketones is 2. The second-order valence-electron chi connectivity index (χ2n) is 6.98. The number of hydrogen-bond donors (Lipinski definition) is 1. The van der Waals surface area contributed by atoms with Crippen LogP contribution in [0.1, 0.15) is 42.2 Å². The van der Waals surface area contributed by atoms with E-state index >= 15 is 0 Å². The van der Waals surface area contributed by atoms with Gasteiger partial charge in [0.05, 0.1) is 21.2 Å². The molecule has 0 saturated heterocycles. The Morgan fingerprint density at radius 2 is 1.61 bits per heavy atom. The van der Waals surface area contributed by atoms with Crippen LogP contribution in [-0.4, -0.2) is 35.0 Å². The molecule has 0 atom stereocenters. The lowest BCUT2D eigenvalue weighted by molar-refractivity contribution is -0.384. The first-order valence-electron chi connectivity index (χ1n) is 9.50. The molecule has 0 saturated carbocycles. The lowest BCUT2D eigenvalue weighted by atomic mass is 9.82. The van der Waals surface area contributed by atoms with Crippen molar-refractivity contribution in [3.05, 3.63) is 104 Å². The molecule has 33 heavy (non-hydrogen) atoms. The smallest absolute Gasteiger partial charge is 0.339 e. The highest BCUT2D eigenvalue weighted by Crippen LogP contribution is 2.30. The molecule has 9 nitrogen and oxygen atoms in total. The number of rotatable bonds is 5. The monoisotopic (exact) mass is 464 g/mol. The fraction of sp³-hybridized carbons (Fsp3) is 0.0435. The third kappa shape index (κ3) is 4.09. The molecule has 3 aromatic rings. The molecule has 0 bridgehead atoms. The molecule has 0 radical (unpaired) electrons. The van der Waals surface area contributed by atoms with E-state index in [2.05, 4.69) is 5.32 Å². The van der Waals surface area contributed by atoms with Crippen molar-refractivity contribution >= 4 is 46.4 Å². The molecule has 1 N–H and O–H groups in total. The first-order chi connectivity index (χ1) is 15.8. The van der Waals surface area contributed by atoms with Crippen LogP contribution >= 0.6 is 11.6 Å². The number of benzene rings is 3. The van der Waals surface area contributed by atoms with Crippen LogP contribution in [0.5, 0.6) is 0 Å². The molecule has 10 heteroatoms. The molecule has 1 aliphatic rings. The largest absolute Gasteiger partial charge is 0.452 e. The Morgan fingerprint density at radius 3 is 2.27 bits per heavy atom. The van der Waals surface area contributed by atoms with Crippen LogP contribution in [0.15, 0.2) is 60.7 Å². The van der Waals surface area contributed by atoms with Crippen LogP contribution in [-0.2, 0) is 9.53 Å². The van der Waals surface area contributed by atoms with Crippen LogP contribution in [0.4, 0.5) is 11.4 Å². The third-order valence-corrected chi connectivity index (χ3v) is 5.26. The van der Waals surface area contributed by atoms with Crippen molar-refractivity contribution in [2.75, 3.05) is 11.9 Å². The van der Waals surface area contributed by atoms with Crippen molar-refractivity contribution in [3.63, 3.8) is 0 Å². The van der Waals surface area contributed by atoms with Gasteiger partial charge in [0, 0.05) is 34.4 Å².